The summed E-state index contributed by atoms with van der Waals surface area (Å²) in [6, 6.07) is 1.93. The van der Waals surface area contributed by atoms with Gasteiger partial charge >= 0.3 is 0 Å². The first-order chi connectivity index (χ1) is 14.1. The molecule has 0 spiro atoms. The molecule has 0 aromatic carbocycles. The molecule has 0 radical (unpaired) electrons. The van der Waals surface area contributed by atoms with Crippen LogP contribution >= 0.6 is 0 Å². The number of ether oxygens (including phenoxy) is 4. The number of aliphatic hydroxyl groups is 7. The Balaban J connectivity index is 1.65. The normalized spacial score (nSPS) is 51.6. The summed E-state index contributed by atoms with van der Waals surface area (Å²) >= 11 is 0. The molecular formula is C18H27NO11. The van der Waals surface area contributed by atoms with E-state index in [-0.39, 0.29) is 6.42 Å². The second kappa shape index (κ2) is 9.11. The van der Waals surface area contributed by atoms with E-state index in [1.807, 2.05) is 6.07 Å². The maximum Gasteiger partial charge on any atom is 0.189 e. The standard InChI is InChI=1S/C18H27NO11/c1-7-10(21)12(23)14(25)16(27-7)28-8-2-3-18(4-8,6-19)30-17-15(26)13(24)11(22)9(5-20)29-17/h2-3,7-17,20-26H,4-5H2,1H3/t7-,8+,9-,10-,11-,12-,13+,14-,15-,16+,17+,18-/m1/s1. The van der Waals surface area contributed by atoms with Crippen LogP contribution in [0, 0.1) is 11.3 Å². The molecule has 12 nitrogen and oxygen atoms in total. The van der Waals surface area contributed by atoms with E-state index in [2.05, 4.69) is 0 Å². The number of rotatable bonds is 5. The van der Waals surface area contributed by atoms with Crippen molar-refractivity contribution >= 4 is 0 Å². The zero-order valence-corrected chi connectivity index (χ0v) is 16.1. The monoisotopic (exact) mass is 433 g/mol. The minimum atomic E-state index is -1.68. The third kappa shape index (κ3) is 4.38. The van der Waals surface area contributed by atoms with Gasteiger partial charge in [-0.3, -0.25) is 0 Å². The van der Waals surface area contributed by atoms with Gasteiger partial charge in [0.15, 0.2) is 18.2 Å². The van der Waals surface area contributed by atoms with Crippen molar-refractivity contribution in [2.45, 2.75) is 86.5 Å². The van der Waals surface area contributed by atoms with Gasteiger partial charge in [-0.2, -0.15) is 5.26 Å². The molecule has 12 atom stereocenters. The van der Waals surface area contributed by atoms with Gasteiger partial charge < -0.3 is 54.7 Å². The molecule has 30 heavy (non-hydrogen) atoms. The van der Waals surface area contributed by atoms with Crippen molar-refractivity contribution in [1.82, 2.24) is 0 Å². The Morgan fingerprint density at radius 3 is 2.23 bits per heavy atom. The van der Waals surface area contributed by atoms with E-state index < -0.39 is 79.7 Å². The zero-order chi connectivity index (χ0) is 22.2. The van der Waals surface area contributed by atoms with Crippen LogP contribution in [0.2, 0.25) is 0 Å². The topological polar surface area (TPSA) is 202 Å². The summed E-state index contributed by atoms with van der Waals surface area (Å²) in [4.78, 5) is 0. The lowest BCUT2D eigenvalue weighted by Crippen LogP contribution is -2.60. The molecule has 2 saturated heterocycles. The number of nitriles is 1. The van der Waals surface area contributed by atoms with Gasteiger partial charge in [0, 0.05) is 6.42 Å². The third-order valence-electron chi connectivity index (χ3n) is 5.57. The van der Waals surface area contributed by atoms with E-state index in [1.165, 1.54) is 19.1 Å². The van der Waals surface area contributed by atoms with Gasteiger partial charge in [-0.15, -0.1) is 0 Å². The Morgan fingerprint density at radius 2 is 1.60 bits per heavy atom. The average Bonchev–Trinajstić information content (AvgIpc) is 3.14. The van der Waals surface area contributed by atoms with E-state index in [1.54, 1.807) is 0 Å². The first-order valence-corrected chi connectivity index (χ1v) is 9.56. The van der Waals surface area contributed by atoms with Crippen LogP contribution in [0.4, 0.5) is 0 Å². The predicted molar refractivity (Wildman–Crippen MR) is 94.2 cm³/mol. The molecule has 3 rings (SSSR count). The van der Waals surface area contributed by atoms with Gasteiger partial charge in [0.2, 0.25) is 0 Å². The largest absolute Gasteiger partial charge is 0.394 e. The van der Waals surface area contributed by atoms with Crippen molar-refractivity contribution in [2.24, 2.45) is 0 Å². The molecule has 0 bridgehead atoms. The van der Waals surface area contributed by atoms with Crippen LogP contribution in [0.5, 0.6) is 0 Å². The van der Waals surface area contributed by atoms with Gasteiger partial charge in [-0.05, 0) is 13.0 Å². The molecular weight excluding hydrogens is 406 g/mol. The van der Waals surface area contributed by atoms with E-state index in [0.717, 1.165) is 0 Å². The van der Waals surface area contributed by atoms with Crippen molar-refractivity contribution in [3.05, 3.63) is 12.2 Å². The van der Waals surface area contributed by atoms with Gasteiger partial charge in [0.1, 0.15) is 48.8 Å². The molecule has 2 aliphatic heterocycles. The second-order valence-electron chi connectivity index (χ2n) is 7.74. The van der Waals surface area contributed by atoms with Gasteiger partial charge in [0.05, 0.1) is 18.8 Å². The minimum Gasteiger partial charge on any atom is -0.394 e. The van der Waals surface area contributed by atoms with E-state index in [4.69, 9.17) is 18.9 Å². The van der Waals surface area contributed by atoms with Gasteiger partial charge in [-0.1, -0.05) is 6.08 Å². The van der Waals surface area contributed by atoms with Crippen LogP contribution in [-0.4, -0.2) is 115 Å². The Kier molecular flexibility index (Phi) is 7.12. The first kappa shape index (κ1) is 23.5. The fourth-order valence-electron chi connectivity index (χ4n) is 3.66. The van der Waals surface area contributed by atoms with Crippen LogP contribution in [0.1, 0.15) is 13.3 Å². The number of hydrogen-bond acceptors (Lipinski definition) is 12. The molecule has 0 aromatic rings. The number of aliphatic hydroxyl groups excluding tert-OH is 7. The van der Waals surface area contributed by atoms with Crippen molar-refractivity contribution in [3.8, 4) is 6.07 Å². The van der Waals surface area contributed by atoms with Crippen LogP contribution in [0.3, 0.4) is 0 Å². The molecule has 12 heteroatoms. The highest BCUT2D eigenvalue weighted by Crippen LogP contribution is 2.35. The summed E-state index contributed by atoms with van der Waals surface area (Å²) in [5, 5.41) is 78.5. The molecule has 0 amide bonds. The van der Waals surface area contributed by atoms with Crippen molar-refractivity contribution in [1.29, 1.82) is 5.26 Å². The van der Waals surface area contributed by atoms with Crippen LogP contribution < -0.4 is 0 Å². The zero-order valence-electron chi connectivity index (χ0n) is 16.1. The molecule has 2 heterocycles. The van der Waals surface area contributed by atoms with Crippen molar-refractivity contribution in [2.75, 3.05) is 6.61 Å². The van der Waals surface area contributed by atoms with Crippen LogP contribution in [-0.2, 0) is 18.9 Å². The summed E-state index contributed by atoms with van der Waals surface area (Å²) < 4.78 is 21.8. The molecule has 7 N–H and O–H groups in total. The lowest BCUT2D eigenvalue weighted by atomic mass is 9.98. The third-order valence-corrected chi connectivity index (χ3v) is 5.57. The van der Waals surface area contributed by atoms with Crippen LogP contribution in [0.15, 0.2) is 12.2 Å². The minimum absolute atomic E-state index is 0.0991. The smallest absolute Gasteiger partial charge is 0.189 e. The highest BCUT2D eigenvalue weighted by atomic mass is 16.7. The van der Waals surface area contributed by atoms with E-state index in [9.17, 15) is 41.0 Å². The van der Waals surface area contributed by atoms with Gasteiger partial charge in [-0.25, -0.2) is 0 Å². The van der Waals surface area contributed by atoms with Crippen molar-refractivity contribution in [3.63, 3.8) is 0 Å². The summed E-state index contributed by atoms with van der Waals surface area (Å²) in [5.41, 5.74) is -1.64. The molecule has 0 saturated carbocycles. The van der Waals surface area contributed by atoms with Crippen LogP contribution in [0.25, 0.3) is 0 Å². The van der Waals surface area contributed by atoms with E-state index >= 15 is 0 Å². The summed E-state index contributed by atoms with van der Waals surface area (Å²) in [6.45, 7) is 0.859. The Hall–Kier alpha value is -1.21. The lowest BCUT2D eigenvalue weighted by molar-refractivity contribution is -0.319. The average molecular weight is 433 g/mol. The summed E-state index contributed by atoms with van der Waals surface area (Å²) in [6.07, 6.45) is -12.0. The number of nitrogens with zero attached hydrogens (tertiary/aromatic N) is 1. The molecule has 0 aromatic heterocycles. The number of hydrogen-bond donors (Lipinski definition) is 7. The fraction of sp³-hybridized carbons (Fsp3) is 0.833. The summed E-state index contributed by atoms with van der Waals surface area (Å²) in [5.74, 6) is 0. The second-order valence-corrected chi connectivity index (χ2v) is 7.74. The SMILES string of the molecule is C[C@H]1O[C@@H](O[C@H]2C=C[C@@](C#N)(O[C@@H]3O[C@H](CO)[C@@H](O)[C@H](O)[C@H]3O)C2)[C@H](O)[C@H](O)[C@@H]1O. The lowest BCUT2D eigenvalue weighted by Gasteiger charge is -2.42. The van der Waals surface area contributed by atoms with Gasteiger partial charge in [0.25, 0.3) is 0 Å². The molecule has 1 aliphatic carbocycles. The quantitative estimate of drug-likeness (QED) is 0.209. The maximum atomic E-state index is 10.1. The Bertz CT molecular complexity index is 669. The first-order valence-electron chi connectivity index (χ1n) is 9.56. The molecule has 0 unspecified atom stereocenters. The fourth-order valence-corrected chi connectivity index (χ4v) is 3.66. The summed E-state index contributed by atoms with van der Waals surface area (Å²) in [7, 11) is 0. The molecule has 170 valence electrons. The Labute approximate surface area is 172 Å². The van der Waals surface area contributed by atoms with Crippen molar-refractivity contribution < 1.29 is 54.7 Å². The van der Waals surface area contributed by atoms with E-state index in [0.29, 0.717) is 0 Å². The molecule has 2 fully saturated rings. The predicted octanol–water partition coefficient (Wildman–Crippen LogP) is -3.76. The highest BCUT2D eigenvalue weighted by Gasteiger charge is 2.50. The molecule has 3 aliphatic rings. The Morgan fingerprint density at radius 1 is 0.967 bits per heavy atom. The highest BCUT2D eigenvalue weighted by molar-refractivity contribution is 5.25. The maximum absolute atomic E-state index is 10.1.